The monoisotopic (exact) mass is 610 g/mol. The molecular formula is C30H33F3N8OS. The maximum Gasteiger partial charge on any atom is 0.318 e. The summed E-state index contributed by atoms with van der Waals surface area (Å²) in [6.07, 6.45) is 8.16. The topological polar surface area (TPSA) is 94.3 Å². The fraction of sp³-hybridized carbons (Fsp3) is 0.500. The van der Waals surface area contributed by atoms with Gasteiger partial charge in [-0.3, -0.25) is 9.88 Å². The number of pyridine rings is 1. The first-order valence-electron chi connectivity index (χ1n) is 14.6. The molecule has 3 aliphatic rings. The SMILES string of the molecule is CCN(C#N)C1CCN(c2nc(OC)nc3c(F)c(-c4ccc(F)c5scnc45)ncc23)CC1.FC1CC2CCCN2C1. The number of piperidine rings is 1. The number of nitriles is 1. The van der Waals surface area contributed by atoms with E-state index in [-0.39, 0.29) is 23.3 Å². The minimum absolute atomic E-state index is 0.0430. The highest BCUT2D eigenvalue weighted by atomic mass is 32.1. The molecule has 0 amide bonds. The van der Waals surface area contributed by atoms with Gasteiger partial charge >= 0.3 is 6.01 Å². The van der Waals surface area contributed by atoms with Crippen molar-refractivity contribution >= 4 is 38.3 Å². The third-order valence-corrected chi connectivity index (χ3v) is 9.49. The third-order valence-electron chi connectivity index (χ3n) is 8.65. The van der Waals surface area contributed by atoms with Gasteiger partial charge in [-0.05, 0) is 57.7 Å². The lowest BCUT2D eigenvalue weighted by molar-refractivity contribution is 0.257. The van der Waals surface area contributed by atoms with Crippen molar-refractivity contribution < 1.29 is 17.9 Å². The molecule has 3 saturated heterocycles. The van der Waals surface area contributed by atoms with Crippen molar-refractivity contribution in [2.24, 2.45) is 0 Å². The van der Waals surface area contributed by atoms with E-state index in [9.17, 15) is 14.0 Å². The van der Waals surface area contributed by atoms with Gasteiger partial charge in [0.15, 0.2) is 12.0 Å². The summed E-state index contributed by atoms with van der Waals surface area (Å²) in [5, 5.41) is 9.80. The molecular weight excluding hydrogens is 577 g/mol. The Balaban J connectivity index is 0.000000310. The van der Waals surface area contributed by atoms with E-state index in [1.54, 1.807) is 11.1 Å². The van der Waals surface area contributed by atoms with Crippen LogP contribution in [0.3, 0.4) is 0 Å². The smallest absolute Gasteiger partial charge is 0.318 e. The number of alkyl halides is 1. The molecule has 2 atom stereocenters. The molecule has 3 aliphatic heterocycles. The molecule has 226 valence electrons. The molecule has 0 radical (unpaired) electrons. The number of rotatable bonds is 5. The molecule has 9 nitrogen and oxygen atoms in total. The van der Waals surface area contributed by atoms with Crippen LogP contribution in [0.5, 0.6) is 6.01 Å². The number of anilines is 1. The average molecular weight is 611 g/mol. The highest BCUT2D eigenvalue weighted by molar-refractivity contribution is 7.16. The summed E-state index contributed by atoms with van der Waals surface area (Å²) in [4.78, 5) is 23.5. The van der Waals surface area contributed by atoms with Gasteiger partial charge in [0, 0.05) is 50.0 Å². The zero-order valence-electron chi connectivity index (χ0n) is 24.1. The van der Waals surface area contributed by atoms with Crippen LogP contribution in [-0.4, -0.2) is 87.8 Å². The summed E-state index contributed by atoms with van der Waals surface area (Å²) in [7, 11) is 1.43. The number of halogens is 3. The highest BCUT2D eigenvalue weighted by Gasteiger charge is 2.34. The highest BCUT2D eigenvalue weighted by Crippen LogP contribution is 2.36. The van der Waals surface area contributed by atoms with E-state index in [4.69, 9.17) is 4.74 Å². The Bertz CT molecular complexity index is 1640. The summed E-state index contributed by atoms with van der Waals surface area (Å²) < 4.78 is 48.2. The molecule has 2 unspecified atom stereocenters. The van der Waals surface area contributed by atoms with Crippen molar-refractivity contribution in [2.45, 2.75) is 57.3 Å². The van der Waals surface area contributed by atoms with Gasteiger partial charge in [0.25, 0.3) is 0 Å². The van der Waals surface area contributed by atoms with Gasteiger partial charge in [-0.1, -0.05) is 0 Å². The van der Waals surface area contributed by atoms with Gasteiger partial charge < -0.3 is 14.5 Å². The second kappa shape index (κ2) is 12.5. The van der Waals surface area contributed by atoms with E-state index in [1.807, 2.05) is 11.8 Å². The Labute approximate surface area is 251 Å². The van der Waals surface area contributed by atoms with Crippen molar-refractivity contribution in [3.8, 4) is 23.5 Å². The van der Waals surface area contributed by atoms with E-state index in [1.165, 1.54) is 37.6 Å². The first-order chi connectivity index (χ1) is 20.9. The van der Waals surface area contributed by atoms with Crippen molar-refractivity contribution in [1.29, 1.82) is 5.26 Å². The van der Waals surface area contributed by atoms with Crippen LogP contribution in [0, 0.1) is 23.1 Å². The van der Waals surface area contributed by atoms with E-state index in [0.29, 0.717) is 59.2 Å². The summed E-state index contributed by atoms with van der Waals surface area (Å²) >= 11 is 1.15. The number of ether oxygens (including phenoxy) is 1. The molecule has 0 spiro atoms. The number of methoxy groups -OCH3 is 1. The summed E-state index contributed by atoms with van der Waals surface area (Å²) in [6, 6.07) is 3.60. The minimum atomic E-state index is -0.642. The molecule has 7 rings (SSSR count). The Morgan fingerprint density at radius 3 is 2.65 bits per heavy atom. The number of nitrogens with zero attached hydrogens (tertiary/aromatic N) is 8. The molecule has 0 aliphatic carbocycles. The Morgan fingerprint density at radius 2 is 1.93 bits per heavy atom. The van der Waals surface area contributed by atoms with Crippen LogP contribution in [-0.2, 0) is 0 Å². The summed E-state index contributed by atoms with van der Waals surface area (Å²) in [6.45, 7) is 5.79. The van der Waals surface area contributed by atoms with E-state index < -0.39 is 17.8 Å². The number of thiazole rings is 1. The zero-order valence-corrected chi connectivity index (χ0v) is 25.0. The van der Waals surface area contributed by atoms with Crippen molar-refractivity contribution in [2.75, 3.05) is 44.7 Å². The Morgan fingerprint density at radius 1 is 1.12 bits per heavy atom. The lowest BCUT2D eigenvalue weighted by Crippen LogP contribution is -2.43. The van der Waals surface area contributed by atoms with Crippen LogP contribution in [0.4, 0.5) is 19.0 Å². The molecule has 3 fully saturated rings. The van der Waals surface area contributed by atoms with Gasteiger partial charge in [-0.2, -0.15) is 15.2 Å². The standard InChI is InChI=1S/C23H21F2N7OS.C7H12FN/c1-3-31(11-26)13-6-8-32(9-7-13)22-15-10-27-18(17(25)19(15)29-23(30-22)33-2)14-4-5-16(24)21-20(14)28-12-34-21;8-6-4-7-2-1-3-9(7)5-6/h4-5,10,12-13H,3,6-9H2,1-2H3;6-7H,1-5H2. The van der Waals surface area contributed by atoms with Crippen LogP contribution in [0.25, 0.3) is 32.4 Å². The molecule has 3 aromatic heterocycles. The number of benzene rings is 1. The van der Waals surface area contributed by atoms with Gasteiger partial charge in [0.2, 0.25) is 0 Å². The van der Waals surface area contributed by atoms with Gasteiger partial charge in [0.05, 0.1) is 28.2 Å². The lowest BCUT2D eigenvalue weighted by atomic mass is 10.0. The van der Waals surface area contributed by atoms with E-state index in [0.717, 1.165) is 37.1 Å². The van der Waals surface area contributed by atoms with Crippen LogP contribution in [0.2, 0.25) is 0 Å². The van der Waals surface area contributed by atoms with Crippen molar-refractivity contribution in [1.82, 2.24) is 29.7 Å². The lowest BCUT2D eigenvalue weighted by Gasteiger charge is -2.36. The molecule has 0 N–H and O–H groups in total. The van der Waals surface area contributed by atoms with Gasteiger partial charge in [0.1, 0.15) is 29.0 Å². The maximum atomic E-state index is 15.8. The molecule has 1 aromatic carbocycles. The molecule has 6 heterocycles. The van der Waals surface area contributed by atoms with E-state index in [2.05, 4.69) is 31.0 Å². The largest absolute Gasteiger partial charge is 0.467 e. The molecule has 0 saturated carbocycles. The van der Waals surface area contributed by atoms with E-state index >= 15 is 4.39 Å². The fourth-order valence-electron chi connectivity index (χ4n) is 6.48. The van der Waals surface area contributed by atoms with Crippen LogP contribution in [0.15, 0.2) is 23.8 Å². The number of hydrogen-bond acceptors (Lipinski definition) is 10. The predicted molar refractivity (Wildman–Crippen MR) is 160 cm³/mol. The zero-order chi connectivity index (χ0) is 30.1. The minimum Gasteiger partial charge on any atom is -0.467 e. The molecule has 13 heteroatoms. The Kier molecular flexibility index (Phi) is 8.50. The number of fused-ring (bicyclic) bond motifs is 3. The predicted octanol–water partition coefficient (Wildman–Crippen LogP) is 5.55. The van der Waals surface area contributed by atoms with Crippen molar-refractivity contribution in [3.05, 3.63) is 35.5 Å². The normalized spacial score (nSPS) is 20.6. The van der Waals surface area contributed by atoms with Gasteiger partial charge in [-0.15, -0.1) is 11.3 Å². The Hall–Kier alpha value is -3.76. The average Bonchev–Trinajstić information content (AvgIpc) is 3.77. The second-order valence-electron chi connectivity index (χ2n) is 11.1. The first-order valence-corrected chi connectivity index (χ1v) is 15.5. The van der Waals surface area contributed by atoms with Crippen LogP contribution < -0.4 is 9.64 Å². The number of aromatic nitrogens is 4. The van der Waals surface area contributed by atoms with Crippen LogP contribution >= 0.6 is 11.3 Å². The third kappa shape index (κ3) is 5.65. The van der Waals surface area contributed by atoms with Gasteiger partial charge in [-0.25, -0.2) is 18.2 Å². The quantitative estimate of drug-likeness (QED) is 0.213. The van der Waals surface area contributed by atoms with Crippen LogP contribution in [0.1, 0.15) is 39.0 Å². The molecule has 4 aromatic rings. The van der Waals surface area contributed by atoms with Crippen molar-refractivity contribution in [3.63, 3.8) is 0 Å². The number of hydrogen-bond donors (Lipinski definition) is 0. The second-order valence-corrected chi connectivity index (χ2v) is 11.9. The first kappa shape index (κ1) is 29.3. The summed E-state index contributed by atoms with van der Waals surface area (Å²) in [5.74, 6) is -0.511. The maximum absolute atomic E-state index is 15.8. The summed E-state index contributed by atoms with van der Waals surface area (Å²) in [5.41, 5.74) is 2.40. The fourth-order valence-corrected chi connectivity index (χ4v) is 7.20. The molecule has 0 bridgehead atoms. The molecule has 43 heavy (non-hydrogen) atoms.